The van der Waals surface area contributed by atoms with E-state index in [9.17, 15) is 9.18 Å². The minimum absolute atomic E-state index is 0. The molecule has 3 heterocycles. The van der Waals surface area contributed by atoms with Gasteiger partial charge in [-0.15, -0.1) is 0 Å². The molecule has 2 aliphatic rings. The number of aromatic nitrogens is 2. The van der Waals surface area contributed by atoms with Crippen LogP contribution >= 0.6 is 11.3 Å². The van der Waals surface area contributed by atoms with E-state index < -0.39 is 0 Å². The monoisotopic (exact) mass is 429 g/mol. The van der Waals surface area contributed by atoms with Crippen LogP contribution in [0.4, 0.5) is 15.8 Å². The third-order valence-electron chi connectivity index (χ3n) is 4.92. The molecule has 1 saturated carbocycles. The normalized spacial score (nSPS) is 18.2. The van der Waals surface area contributed by atoms with Crippen molar-refractivity contribution in [3.63, 3.8) is 0 Å². The van der Waals surface area contributed by atoms with E-state index in [4.69, 9.17) is 5.26 Å². The van der Waals surface area contributed by atoms with Crippen LogP contribution in [0.3, 0.4) is 0 Å². The first kappa shape index (κ1) is 22.4. The van der Waals surface area contributed by atoms with E-state index in [1.165, 1.54) is 29.9 Å². The number of hydrogen-bond donors (Lipinski definition) is 1. The molecule has 9 heteroatoms. The molecular weight excluding hydrogens is 412 g/mol. The minimum Gasteiger partial charge on any atom is -0.535 e. The molecule has 1 aromatic carbocycles. The summed E-state index contributed by atoms with van der Waals surface area (Å²) in [5.74, 6) is 1.50. The molecule has 2 aromatic heterocycles. The Labute approximate surface area is 200 Å². The summed E-state index contributed by atoms with van der Waals surface area (Å²) in [4.78, 5) is 21.4. The predicted octanol–water partition coefficient (Wildman–Crippen LogP) is 0.969. The molecule has 0 bridgehead atoms. The molecule has 1 N–H and O–H groups in total. The van der Waals surface area contributed by atoms with Crippen LogP contribution in [-0.2, 0) is 4.79 Å². The number of nitriles is 1. The topological polar surface area (TPSA) is 81.9 Å². The van der Waals surface area contributed by atoms with Crippen LogP contribution in [0.15, 0.2) is 48.9 Å². The summed E-state index contributed by atoms with van der Waals surface area (Å²) in [6.07, 6.45) is 10.3. The van der Waals surface area contributed by atoms with Gasteiger partial charge in [0.1, 0.15) is 5.82 Å². The second kappa shape index (κ2) is 10.1. The van der Waals surface area contributed by atoms with E-state index in [-0.39, 0.29) is 35.4 Å². The van der Waals surface area contributed by atoms with Crippen LogP contribution in [0.25, 0.3) is 10.4 Å². The number of hydrogen-bond acceptors (Lipinski definition) is 7. The standard InChI is InChI=1S/C15H9FN3OS.C6H8N2.Na/c16-10-1-3-11(4-2-10)19-13-7-17-6-5-12(13)14-8-18-15(9-20)21-14;7-4-8-2-5-1-6(5)3-8;/h1-8,19H;5-6H,1-3H2;/q-1;;+1. The summed E-state index contributed by atoms with van der Waals surface area (Å²) in [6.45, 7) is 2.09. The predicted molar refractivity (Wildman–Crippen MR) is 109 cm³/mol. The van der Waals surface area contributed by atoms with Gasteiger partial charge < -0.3 is 15.0 Å². The van der Waals surface area contributed by atoms with Crippen LogP contribution in [-0.4, -0.2) is 34.2 Å². The SMILES string of the molecule is N#CN1CC2CC2C1.O=[C-]c1ncc(-c2ccncc2Nc2ccc(F)cc2)s1.[Na+]. The molecule has 1 aliphatic carbocycles. The number of pyridine rings is 1. The van der Waals surface area contributed by atoms with Gasteiger partial charge in [-0.2, -0.15) is 16.6 Å². The van der Waals surface area contributed by atoms with Gasteiger partial charge >= 0.3 is 29.6 Å². The average molecular weight is 429 g/mol. The quantitative estimate of drug-likeness (QED) is 0.378. The van der Waals surface area contributed by atoms with E-state index in [0.29, 0.717) is 5.01 Å². The van der Waals surface area contributed by atoms with Gasteiger partial charge in [0.15, 0.2) is 6.19 Å². The number of rotatable bonds is 4. The molecule has 5 rings (SSSR count). The van der Waals surface area contributed by atoms with Crippen LogP contribution in [0, 0.1) is 29.1 Å². The summed E-state index contributed by atoms with van der Waals surface area (Å²) in [5, 5.41) is 11.9. The summed E-state index contributed by atoms with van der Waals surface area (Å²) in [6, 6.07) is 7.87. The van der Waals surface area contributed by atoms with Crippen molar-refractivity contribution in [3.05, 3.63) is 59.7 Å². The second-order valence-corrected chi connectivity index (χ2v) is 7.98. The van der Waals surface area contributed by atoms with Gasteiger partial charge in [-0.1, -0.05) is 0 Å². The van der Waals surface area contributed by atoms with E-state index in [1.807, 2.05) is 11.0 Å². The maximum absolute atomic E-state index is 12.9. The van der Waals surface area contributed by atoms with Gasteiger partial charge in [-0.05, 0) is 53.6 Å². The number of nitrogens with zero attached hydrogens (tertiary/aromatic N) is 4. The van der Waals surface area contributed by atoms with Crippen molar-refractivity contribution in [2.75, 3.05) is 18.4 Å². The molecule has 6 nitrogen and oxygen atoms in total. The van der Waals surface area contributed by atoms with E-state index in [0.717, 1.165) is 46.7 Å². The summed E-state index contributed by atoms with van der Waals surface area (Å²) in [5.41, 5.74) is 2.37. The number of thiazole rings is 1. The smallest absolute Gasteiger partial charge is 0.535 e. The summed E-state index contributed by atoms with van der Waals surface area (Å²) < 4.78 is 12.9. The van der Waals surface area contributed by atoms with Crippen LogP contribution < -0.4 is 34.9 Å². The Morgan fingerprint density at radius 2 is 1.93 bits per heavy atom. The Hall–Kier alpha value is -2.31. The largest absolute Gasteiger partial charge is 1.00 e. The number of halogens is 1. The Balaban J connectivity index is 0.000000237. The molecule has 0 spiro atoms. The van der Waals surface area contributed by atoms with Crippen LogP contribution in [0.5, 0.6) is 0 Å². The van der Waals surface area contributed by atoms with Gasteiger partial charge in [0.05, 0.1) is 16.8 Å². The van der Waals surface area contributed by atoms with Gasteiger partial charge in [-0.25, -0.2) is 10.7 Å². The zero-order chi connectivity index (χ0) is 20.2. The maximum Gasteiger partial charge on any atom is 1.00 e. The number of carbonyl (C=O) groups excluding carboxylic acids is 1. The number of likely N-dealkylation sites (tertiary alicyclic amines) is 1. The van der Waals surface area contributed by atoms with E-state index in [1.54, 1.807) is 37.0 Å². The van der Waals surface area contributed by atoms with Crippen molar-refractivity contribution in [1.82, 2.24) is 14.9 Å². The average Bonchev–Trinajstić information content (AvgIpc) is 3.15. The van der Waals surface area contributed by atoms with Crippen molar-refractivity contribution in [3.8, 4) is 16.6 Å². The van der Waals surface area contributed by atoms with Crippen LogP contribution in [0.2, 0.25) is 0 Å². The fourth-order valence-electron chi connectivity index (χ4n) is 3.32. The first-order chi connectivity index (χ1) is 14.2. The maximum atomic E-state index is 12.9. The third kappa shape index (κ3) is 5.43. The van der Waals surface area contributed by atoms with Crippen molar-refractivity contribution in [2.24, 2.45) is 11.8 Å². The molecule has 0 radical (unpaired) electrons. The Kier molecular flexibility index (Phi) is 7.56. The van der Waals surface area contributed by atoms with Gasteiger partial charge in [0.2, 0.25) is 0 Å². The summed E-state index contributed by atoms with van der Waals surface area (Å²) in [7, 11) is 0. The second-order valence-electron chi connectivity index (χ2n) is 6.95. The molecule has 0 amide bonds. The molecule has 146 valence electrons. The number of fused-ring (bicyclic) bond motifs is 1. The molecule has 2 atom stereocenters. The Morgan fingerprint density at radius 1 is 1.20 bits per heavy atom. The fourth-order valence-corrected chi connectivity index (χ4v) is 4.07. The zero-order valence-electron chi connectivity index (χ0n) is 16.4. The number of nitrogens with one attached hydrogen (secondary N) is 1. The van der Waals surface area contributed by atoms with Gasteiger partial charge in [-0.3, -0.25) is 9.97 Å². The first-order valence-electron chi connectivity index (χ1n) is 9.12. The minimum atomic E-state index is -0.291. The van der Waals surface area contributed by atoms with Gasteiger partial charge in [0.25, 0.3) is 0 Å². The van der Waals surface area contributed by atoms with Crippen molar-refractivity contribution in [1.29, 1.82) is 5.26 Å². The van der Waals surface area contributed by atoms with E-state index in [2.05, 4.69) is 21.5 Å². The molecule has 30 heavy (non-hydrogen) atoms. The molecule has 3 aromatic rings. The summed E-state index contributed by atoms with van der Waals surface area (Å²) >= 11 is 1.25. The number of anilines is 2. The van der Waals surface area contributed by atoms with Crippen molar-refractivity contribution >= 4 is 29.0 Å². The molecule has 1 aliphatic heterocycles. The third-order valence-corrected chi connectivity index (χ3v) is 5.85. The molecule has 2 fully saturated rings. The number of benzene rings is 1. The first-order valence-corrected chi connectivity index (χ1v) is 9.93. The van der Waals surface area contributed by atoms with E-state index >= 15 is 0 Å². The Morgan fingerprint density at radius 3 is 2.53 bits per heavy atom. The van der Waals surface area contributed by atoms with Crippen molar-refractivity contribution in [2.45, 2.75) is 6.42 Å². The van der Waals surface area contributed by atoms with Gasteiger partial charge in [0, 0.05) is 36.7 Å². The molecule has 1 saturated heterocycles. The number of piperidine rings is 1. The molecular formula is C21H17FN5NaOS. The Bertz CT molecular complexity index is 1040. The fraction of sp³-hybridized carbons (Fsp3) is 0.238. The van der Waals surface area contributed by atoms with Crippen molar-refractivity contribution < 1.29 is 38.7 Å². The zero-order valence-corrected chi connectivity index (χ0v) is 19.2. The molecule has 2 unspecified atom stereocenters. The van der Waals surface area contributed by atoms with Crippen LogP contribution in [0.1, 0.15) is 11.4 Å².